The highest BCUT2D eigenvalue weighted by atomic mass is 31.2. The largest absolute Gasteiger partial charge is 0.390 e. The van der Waals surface area contributed by atoms with Crippen molar-refractivity contribution in [3.05, 3.63) is 104 Å². The molecule has 12 nitrogen and oxygen atoms in total. The minimum atomic E-state index is -1.61. The van der Waals surface area contributed by atoms with Crippen molar-refractivity contribution in [3.63, 3.8) is 0 Å². The van der Waals surface area contributed by atoms with E-state index in [2.05, 4.69) is 38.5 Å². The molecule has 4 aromatic rings. The van der Waals surface area contributed by atoms with Gasteiger partial charge >= 0.3 is 5.69 Å². The highest BCUT2D eigenvalue weighted by molar-refractivity contribution is 7.46. The fourth-order valence-corrected chi connectivity index (χ4v) is 9.18. The first-order valence-electron chi connectivity index (χ1n) is 16.3. The SMILES string of the molecule is Cc1cn([C@H]2C[C@H](O)[C@@H](COP3OC[C@@H]4c5c(c6ccccc6n53)C[C@@H](C(=O)N3CCCC3)N4Cc3ccccc3)O2)c(=O)[nH]c1=O. The van der Waals surface area contributed by atoms with E-state index in [0.29, 0.717) is 25.1 Å². The van der Waals surface area contributed by atoms with E-state index >= 15 is 0 Å². The third-order valence-electron chi connectivity index (χ3n) is 9.93. The molecule has 0 bridgehead atoms. The Hall–Kier alpha value is -3.64. The topological polar surface area (TPSA) is 131 Å². The van der Waals surface area contributed by atoms with Gasteiger partial charge in [0.05, 0.1) is 36.9 Å². The smallest absolute Gasteiger partial charge is 0.330 e. The Bertz CT molecular complexity index is 1920. The van der Waals surface area contributed by atoms with Gasteiger partial charge in [0.15, 0.2) is 0 Å². The Morgan fingerprint density at radius 2 is 1.85 bits per heavy atom. The molecule has 2 aromatic carbocycles. The number of nitrogens with one attached hydrogen (secondary N) is 1. The summed E-state index contributed by atoms with van der Waals surface area (Å²) in [5, 5.41) is 12.0. The van der Waals surface area contributed by atoms with E-state index in [1.165, 1.54) is 10.8 Å². The van der Waals surface area contributed by atoms with Crippen molar-refractivity contribution in [1.29, 1.82) is 0 Å². The number of rotatable bonds is 7. The lowest BCUT2D eigenvalue weighted by molar-refractivity contribution is -0.138. The number of carbonyl (C=O) groups is 1. The molecule has 0 aliphatic carbocycles. The highest BCUT2D eigenvalue weighted by Crippen LogP contribution is 2.55. The molecule has 1 amide bonds. The van der Waals surface area contributed by atoms with Crippen molar-refractivity contribution in [2.75, 3.05) is 26.3 Å². The third kappa shape index (κ3) is 5.47. The zero-order chi connectivity index (χ0) is 32.2. The van der Waals surface area contributed by atoms with E-state index in [4.69, 9.17) is 13.8 Å². The number of ether oxygens (including phenoxy) is 1. The molecule has 4 aliphatic heterocycles. The number of aliphatic hydroxyl groups is 1. The van der Waals surface area contributed by atoms with Crippen LogP contribution >= 0.6 is 8.53 Å². The molecule has 2 fully saturated rings. The van der Waals surface area contributed by atoms with E-state index in [9.17, 15) is 19.5 Å². The van der Waals surface area contributed by atoms with Crippen LogP contribution in [0.5, 0.6) is 0 Å². The van der Waals surface area contributed by atoms with Crippen LogP contribution in [0.2, 0.25) is 0 Å². The molecule has 47 heavy (non-hydrogen) atoms. The van der Waals surface area contributed by atoms with Crippen molar-refractivity contribution in [1.82, 2.24) is 23.7 Å². The zero-order valence-corrected chi connectivity index (χ0v) is 27.1. The minimum Gasteiger partial charge on any atom is -0.390 e. The number of aryl methyl sites for hydroxylation is 1. The number of likely N-dealkylation sites (tertiary alicyclic amines) is 1. The first kappa shape index (κ1) is 30.7. The summed E-state index contributed by atoms with van der Waals surface area (Å²) in [4.78, 5) is 45.1. The summed E-state index contributed by atoms with van der Waals surface area (Å²) in [6.07, 6.45) is 2.01. The Labute approximate surface area is 272 Å². The van der Waals surface area contributed by atoms with Crippen molar-refractivity contribution in [2.45, 2.75) is 69.7 Å². The van der Waals surface area contributed by atoms with Gasteiger partial charge < -0.3 is 23.8 Å². The molecular formula is C34H38N5O7P. The summed E-state index contributed by atoms with van der Waals surface area (Å²) in [7, 11) is -1.61. The maximum atomic E-state index is 14.1. The minimum absolute atomic E-state index is 0.0518. The summed E-state index contributed by atoms with van der Waals surface area (Å²) in [6.45, 7) is 4.24. The highest BCUT2D eigenvalue weighted by Gasteiger charge is 2.47. The lowest BCUT2D eigenvalue weighted by Gasteiger charge is -2.45. The Morgan fingerprint density at radius 3 is 2.66 bits per heavy atom. The second-order valence-electron chi connectivity index (χ2n) is 12.9. The lowest BCUT2D eigenvalue weighted by Crippen LogP contribution is -2.54. The molecule has 4 aliphatic rings. The second kappa shape index (κ2) is 12.4. The van der Waals surface area contributed by atoms with Crippen molar-refractivity contribution in [3.8, 4) is 0 Å². The van der Waals surface area contributed by atoms with Crippen LogP contribution in [-0.2, 0) is 31.5 Å². The normalized spacial score (nSPS) is 27.4. The van der Waals surface area contributed by atoms with E-state index in [1.54, 1.807) is 6.92 Å². The predicted octanol–water partition coefficient (Wildman–Crippen LogP) is 3.36. The summed E-state index contributed by atoms with van der Waals surface area (Å²) < 4.78 is 22.6. The number of carbonyl (C=O) groups excluding carboxylic acids is 1. The number of para-hydroxylation sites is 1. The lowest BCUT2D eigenvalue weighted by atomic mass is 9.90. The van der Waals surface area contributed by atoms with Crippen molar-refractivity contribution in [2.24, 2.45) is 0 Å². The number of aromatic amines is 1. The van der Waals surface area contributed by atoms with Gasteiger partial charge in [-0.25, -0.2) is 4.79 Å². The van der Waals surface area contributed by atoms with Gasteiger partial charge in [-0.1, -0.05) is 48.5 Å². The van der Waals surface area contributed by atoms with Gasteiger partial charge in [-0.3, -0.25) is 28.4 Å². The number of nitrogens with zero attached hydrogens (tertiary/aromatic N) is 4. The maximum Gasteiger partial charge on any atom is 0.330 e. The molecule has 8 rings (SSSR count). The monoisotopic (exact) mass is 659 g/mol. The van der Waals surface area contributed by atoms with Crippen LogP contribution in [0.3, 0.4) is 0 Å². The molecular weight excluding hydrogens is 621 g/mol. The summed E-state index contributed by atoms with van der Waals surface area (Å²) in [5.41, 5.74) is 3.76. The summed E-state index contributed by atoms with van der Waals surface area (Å²) in [6, 6.07) is 18.0. The predicted molar refractivity (Wildman–Crippen MR) is 175 cm³/mol. The standard InChI is InChI=1S/C34H38N5O7P/c1-21-17-38(34(43)35-32(21)41)30-16-28(40)29(46-30)20-45-47-39-25-12-6-5-11-23(25)24-15-26(33(42)36-13-7-8-14-36)37(27(19-44-47)31(24)39)18-22-9-3-2-4-10-22/h2-6,9-12,17,26-30,40H,7-8,13-16,18-20H2,1H3,(H,35,41,43)/t26-,27+,28-,29+,30+,47?/m0/s1. The Morgan fingerprint density at radius 1 is 1.09 bits per heavy atom. The molecule has 0 radical (unpaired) electrons. The van der Waals surface area contributed by atoms with Crippen LogP contribution in [0.15, 0.2) is 70.4 Å². The molecule has 2 aromatic heterocycles. The number of aliphatic hydroxyl groups excluding tert-OH is 1. The fourth-order valence-electron chi connectivity index (χ4n) is 7.55. The molecule has 0 saturated carbocycles. The van der Waals surface area contributed by atoms with Gasteiger partial charge in [-0.05, 0) is 43.4 Å². The van der Waals surface area contributed by atoms with Gasteiger partial charge in [-0.15, -0.1) is 0 Å². The number of hydrogen-bond donors (Lipinski definition) is 2. The summed E-state index contributed by atoms with van der Waals surface area (Å²) >= 11 is 0. The molecule has 0 spiro atoms. The fraction of sp³-hybridized carbons (Fsp3) is 0.441. The van der Waals surface area contributed by atoms with Crippen LogP contribution in [0.4, 0.5) is 0 Å². The van der Waals surface area contributed by atoms with Gasteiger partial charge in [0.25, 0.3) is 14.1 Å². The number of fused-ring (bicyclic) bond motifs is 3. The van der Waals surface area contributed by atoms with Crippen molar-refractivity contribution >= 4 is 25.3 Å². The van der Waals surface area contributed by atoms with Gasteiger partial charge in [0.2, 0.25) is 5.91 Å². The van der Waals surface area contributed by atoms with E-state index < -0.39 is 38.2 Å². The number of aromatic nitrogens is 3. The maximum absolute atomic E-state index is 14.1. The number of hydrogen-bond acceptors (Lipinski definition) is 8. The molecule has 2 saturated heterocycles. The quantitative estimate of drug-likeness (QED) is 0.289. The molecule has 246 valence electrons. The molecule has 13 heteroatoms. The molecule has 1 unspecified atom stereocenters. The van der Waals surface area contributed by atoms with Crippen LogP contribution in [0, 0.1) is 6.92 Å². The molecule has 6 atom stereocenters. The Balaban J connectivity index is 1.10. The number of amides is 1. The second-order valence-corrected chi connectivity index (χ2v) is 14.3. The third-order valence-corrected chi connectivity index (χ3v) is 11.4. The van der Waals surface area contributed by atoms with Gasteiger partial charge in [-0.2, -0.15) is 0 Å². The number of H-pyrrole nitrogens is 1. The van der Waals surface area contributed by atoms with Crippen LogP contribution in [-0.4, -0.2) is 79.3 Å². The average Bonchev–Trinajstić information content (AvgIpc) is 3.83. The van der Waals surface area contributed by atoms with E-state index in [1.807, 2.05) is 35.2 Å². The van der Waals surface area contributed by atoms with Crippen molar-refractivity contribution < 1.29 is 23.7 Å². The van der Waals surface area contributed by atoms with Gasteiger partial charge in [0.1, 0.15) is 12.3 Å². The average molecular weight is 660 g/mol. The summed E-state index contributed by atoms with van der Waals surface area (Å²) in [5.74, 6) is 0.184. The van der Waals surface area contributed by atoms with E-state index in [-0.39, 0.29) is 31.0 Å². The van der Waals surface area contributed by atoms with E-state index in [0.717, 1.165) is 53.7 Å². The van der Waals surface area contributed by atoms with Crippen LogP contribution < -0.4 is 11.2 Å². The number of benzene rings is 2. The first-order valence-corrected chi connectivity index (χ1v) is 17.4. The van der Waals surface area contributed by atoms with Crippen LogP contribution in [0.1, 0.15) is 53.9 Å². The zero-order valence-electron chi connectivity index (χ0n) is 26.2. The van der Waals surface area contributed by atoms with Crippen LogP contribution in [0.25, 0.3) is 10.9 Å². The molecule has 2 N–H and O–H groups in total. The Kier molecular flexibility index (Phi) is 8.11. The molecule has 6 heterocycles. The van der Waals surface area contributed by atoms with Gasteiger partial charge in [0, 0.05) is 48.9 Å². The first-order chi connectivity index (χ1) is 22.9.